The molecule has 0 amide bonds. The van der Waals surface area contributed by atoms with Gasteiger partial charge in [0, 0.05) is 6.20 Å². The molecule has 1 aromatic rings. The van der Waals surface area contributed by atoms with E-state index >= 15 is 0 Å². The first-order chi connectivity index (χ1) is 9.67. The van der Waals surface area contributed by atoms with Gasteiger partial charge >= 0.3 is 0 Å². The molecule has 0 atom stereocenters. The maximum atomic E-state index is 12.3. The number of ketones is 1. The lowest BCUT2D eigenvalue weighted by Gasteiger charge is -2.30. The van der Waals surface area contributed by atoms with Crippen LogP contribution in [0.4, 0.5) is 0 Å². The number of carbonyl (C=O) groups excluding carboxylic acids is 1. The molecule has 0 spiro atoms. The smallest absolute Gasteiger partial charge is 0.170 e. The number of hydrogen-bond acceptors (Lipinski definition) is 3. The van der Waals surface area contributed by atoms with Crippen LogP contribution in [0.5, 0.6) is 0 Å². The van der Waals surface area contributed by atoms with Gasteiger partial charge in [-0.15, -0.1) is 0 Å². The highest BCUT2D eigenvalue weighted by Gasteiger charge is 2.36. The highest BCUT2D eigenvalue weighted by molar-refractivity contribution is 5.88. The molecule has 0 unspecified atom stereocenters. The Morgan fingerprint density at radius 2 is 1.95 bits per heavy atom. The van der Waals surface area contributed by atoms with Gasteiger partial charge in [0.05, 0.1) is 18.2 Å². The summed E-state index contributed by atoms with van der Waals surface area (Å²) in [5.74, 6) is -0.0473. The second-order valence-corrected chi connectivity index (χ2v) is 6.42. The van der Waals surface area contributed by atoms with Gasteiger partial charge in [-0.3, -0.25) is 9.48 Å². The topological polar surface area (TPSA) is 55.1 Å². The molecule has 0 saturated heterocycles. The normalized spacial score (nSPS) is 23.1. The third-order valence-electron chi connectivity index (χ3n) is 4.90. The molecule has 2 saturated carbocycles. The van der Waals surface area contributed by atoms with Crippen LogP contribution in [0.15, 0.2) is 12.3 Å². The van der Waals surface area contributed by atoms with Crippen LogP contribution in [0.3, 0.4) is 0 Å². The van der Waals surface area contributed by atoms with E-state index in [4.69, 9.17) is 0 Å². The fourth-order valence-corrected chi connectivity index (χ4v) is 3.59. The third-order valence-corrected chi connectivity index (χ3v) is 4.90. The SMILES string of the molecule is O=C(Cc1ccn(C2CCCC2)n1)C1(O)CCCCC1. The van der Waals surface area contributed by atoms with Crippen molar-refractivity contribution in [3.63, 3.8) is 0 Å². The first-order valence-electron chi connectivity index (χ1n) is 7.97. The zero-order valence-electron chi connectivity index (χ0n) is 12.1. The molecule has 0 bridgehead atoms. The zero-order chi connectivity index (χ0) is 14.0. The Labute approximate surface area is 120 Å². The van der Waals surface area contributed by atoms with Crippen molar-refractivity contribution in [3.8, 4) is 0 Å². The molecule has 0 radical (unpaired) electrons. The van der Waals surface area contributed by atoms with Gasteiger partial charge in [-0.05, 0) is 31.7 Å². The largest absolute Gasteiger partial charge is 0.382 e. The molecular formula is C16H24N2O2. The van der Waals surface area contributed by atoms with Crippen molar-refractivity contribution in [2.24, 2.45) is 0 Å². The summed E-state index contributed by atoms with van der Waals surface area (Å²) >= 11 is 0. The fourth-order valence-electron chi connectivity index (χ4n) is 3.59. The summed E-state index contributed by atoms with van der Waals surface area (Å²) in [7, 11) is 0. The molecule has 0 aliphatic heterocycles. The van der Waals surface area contributed by atoms with E-state index < -0.39 is 5.60 Å². The van der Waals surface area contributed by atoms with Crippen LogP contribution in [0.25, 0.3) is 0 Å². The van der Waals surface area contributed by atoms with Gasteiger partial charge < -0.3 is 5.11 Å². The Kier molecular flexibility index (Phi) is 3.92. The molecule has 2 aliphatic carbocycles. The summed E-state index contributed by atoms with van der Waals surface area (Å²) in [6.45, 7) is 0. The molecule has 110 valence electrons. The zero-order valence-corrected chi connectivity index (χ0v) is 12.1. The van der Waals surface area contributed by atoms with Crippen LogP contribution in [0.2, 0.25) is 0 Å². The standard InChI is InChI=1S/C16H24N2O2/c19-15(16(20)9-4-1-5-10-16)12-13-8-11-18(17-13)14-6-2-3-7-14/h8,11,14,20H,1-7,9-10,12H2. The van der Waals surface area contributed by atoms with Crippen molar-refractivity contribution in [2.75, 3.05) is 0 Å². The van der Waals surface area contributed by atoms with E-state index in [9.17, 15) is 9.90 Å². The van der Waals surface area contributed by atoms with E-state index in [-0.39, 0.29) is 12.2 Å². The average molecular weight is 276 g/mol. The van der Waals surface area contributed by atoms with Crippen molar-refractivity contribution in [3.05, 3.63) is 18.0 Å². The van der Waals surface area contributed by atoms with Crippen molar-refractivity contribution in [1.29, 1.82) is 0 Å². The van der Waals surface area contributed by atoms with Crippen LogP contribution in [-0.4, -0.2) is 26.3 Å². The van der Waals surface area contributed by atoms with Crippen LogP contribution in [0.1, 0.15) is 69.5 Å². The maximum Gasteiger partial charge on any atom is 0.170 e. The molecule has 2 fully saturated rings. The summed E-state index contributed by atoms with van der Waals surface area (Å²) < 4.78 is 2.01. The summed E-state index contributed by atoms with van der Waals surface area (Å²) in [4.78, 5) is 12.3. The number of rotatable bonds is 4. The molecule has 4 nitrogen and oxygen atoms in total. The van der Waals surface area contributed by atoms with E-state index in [1.165, 1.54) is 25.7 Å². The lowest BCUT2D eigenvalue weighted by atomic mass is 9.80. The Bertz CT molecular complexity index is 469. The molecule has 1 aromatic heterocycles. The first-order valence-corrected chi connectivity index (χ1v) is 7.97. The highest BCUT2D eigenvalue weighted by Crippen LogP contribution is 2.31. The summed E-state index contributed by atoms with van der Waals surface area (Å²) in [6.07, 6.45) is 11.5. The lowest BCUT2D eigenvalue weighted by Crippen LogP contribution is -2.41. The van der Waals surface area contributed by atoms with Crippen molar-refractivity contribution in [1.82, 2.24) is 9.78 Å². The number of aromatic nitrogens is 2. The van der Waals surface area contributed by atoms with Crippen LogP contribution in [-0.2, 0) is 11.2 Å². The monoisotopic (exact) mass is 276 g/mol. The quantitative estimate of drug-likeness (QED) is 0.920. The highest BCUT2D eigenvalue weighted by atomic mass is 16.3. The Balaban J connectivity index is 1.63. The molecule has 2 aliphatic rings. The predicted octanol–water partition coefficient (Wildman–Crippen LogP) is 2.81. The van der Waals surface area contributed by atoms with Gasteiger partial charge in [-0.2, -0.15) is 5.10 Å². The Morgan fingerprint density at radius 1 is 1.25 bits per heavy atom. The number of aliphatic hydroxyl groups is 1. The molecule has 3 rings (SSSR count). The molecule has 20 heavy (non-hydrogen) atoms. The van der Waals surface area contributed by atoms with Crippen LogP contribution in [0, 0.1) is 0 Å². The molecule has 4 heteroatoms. The second kappa shape index (κ2) is 5.68. The molecule has 1 heterocycles. The van der Waals surface area contributed by atoms with E-state index in [1.54, 1.807) is 0 Å². The number of Topliss-reactive ketones (excluding diaryl/α,β-unsaturated/α-hetero) is 1. The third kappa shape index (κ3) is 2.80. The predicted molar refractivity (Wildman–Crippen MR) is 76.5 cm³/mol. The Hall–Kier alpha value is -1.16. The minimum absolute atomic E-state index is 0.0473. The number of hydrogen-bond donors (Lipinski definition) is 1. The van der Waals surface area contributed by atoms with Gasteiger partial charge in [0.25, 0.3) is 0 Å². The van der Waals surface area contributed by atoms with E-state index in [2.05, 4.69) is 5.10 Å². The van der Waals surface area contributed by atoms with Crippen LogP contribution >= 0.6 is 0 Å². The van der Waals surface area contributed by atoms with Gasteiger partial charge in [-0.1, -0.05) is 32.1 Å². The van der Waals surface area contributed by atoms with Crippen molar-refractivity contribution >= 4 is 5.78 Å². The van der Waals surface area contributed by atoms with Gasteiger partial charge in [0.1, 0.15) is 5.60 Å². The number of carbonyl (C=O) groups is 1. The second-order valence-electron chi connectivity index (χ2n) is 6.42. The average Bonchev–Trinajstić information content (AvgIpc) is 3.09. The lowest BCUT2D eigenvalue weighted by molar-refractivity contribution is -0.139. The first kappa shape index (κ1) is 13.8. The van der Waals surface area contributed by atoms with E-state index in [1.807, 2.05) is 16.9 Å². The van der Waals surface area contributed by atoms with Crippen molar-refractivity contribution < 1.29 is 9.90 Å². The number of nitrogens with zero attached hydrogens (tertiary/aromatic N) is 2. The molecular weight excluding hydrogens is 252 g/mol. The van der Waals surface area contributed by atoms with Crippen LogP contribution < -0.4 is 0 Å². The van der Waals surface area contributed by atoms with Gasteiger partial charge in [0.2, 0.25) is 0 Å². The molecule has 0 aromatic carbocycles. The van der Waals surface area contributed by atoms with Gasteiger partial charge in [-0.25, -0.2) is 0 Å². The van der Waals surface area contributed by atoms with E-state index in [0.717, 1.165) is 25.0 Å². The minimum Gasteiger partial charge on any atom is -0.382 e. The van der Waals surface area contributed by atoms with E-state index in [0.29, 0.717) is 18.9 Å². The Morgan fingerprint density at radius 3 is 2.65 bits per heavy atom. The minimum atomic E-state index is -1.09. The van der Waals surface area contributed by atoms with Gasteiger partial charge in [0.15, 0.2) is 5.78 Å². The summed E-state index contributed by atoms with van der Waals surface area (Å²) in [6, 6.07) is 2.44. The summed E-state index contributed by atoms with van der Waals surface area (Å²) in [5.41, 5.74) is -0.282. The molecule has 1 N–H and O–H groups in total. The fraction of sp³-hybridized carbons (Fsp3) is 0.750. The summed E-state index contributed by atoms with van der Waals surface area (Å²) in [5, 5.41) is 15.0. The van der Waals surface area contributed by atoms with Crippen molar-refractivity contribution in [2.45, 2.75) is 75.9 Å². The maximum absolute atomic E-state index is 12.3.